The van der Waals surface area contributed by atoms with Gasteiger partial charge in [0.1, 0.15) is 17.3 Å². The molecule has 7 heteroatoms. The monoisotopic (exact) mass is 481 g/mol. The smallest absolute Gasteiger partial charge is 0.324 e. The van der Waals surface area contributed by atoms with Crippen LogP contribution in [0.5, 0.6) is 11.5 Å². The summed E-state index contributed by atoms with van der Waals surface area (Å²) in [6.45, 7) is 8.18. The lowest BCUT2D eigenvalue weighted by atomic mass is 9.92. The normalized spacial score (nSPS) is 13.1. The number of ether oxygens (including phenoxy) is 1. The minimum atomic E-state index is -0.338. The van der Waals surface area contributed by atoms with E-state index in [0.717, 1.165) is 36.6 Å². The predicted molar refractivity (Wildman–Crippen MR) is 143 cm³/mol. The Balaban J connectivity index is 1.33. The molecule has 1 aliphatic rings. The molecule has 0 fully saturated rings. The summed E-state index contributed by atoms with van der Waals surface area (Å²) < 4.78 is 7.65. The fourth-order valence-electron chi connectivity index (χ4n) is 4.14. The van der Waals surface area contributed by atoms with Crippen LogP contribution in [0.1, 0.15) is 37.6 Å². The molecule has 0 radical (unpaired) electrons. The number of aromatic nitrogens is 2. The van der Waals surface area contributed by atoms with Gasteiger partial charge < -0.3 is 15.4 Å². The van der Waals surface area contributed by atoms with E-state index in [1.807, 2.05) is 65.3 Å². The standard InChI is InChI=1S/C29H31N5O2/c1-29(2,3)26-18-27(34(33-26)23-12-9-21-19-30-16-15-20(21)17-23)32-28(35)31-22-10-13-25(14-11-22)36-24-7-5-4-6-8-24/h4-14,17-18,30H,15-16,19H2,1-3H3,(H2,31,32,35). The van der Waals surface area contributed by atoms with Crippen molar-refractivity contribution >= 4 is 17.5 Å². The molecule has 7 nitrogen and oxygen atoms in total. The Bertz CT molecular complexity index is 1350. The topological polar surface area (TPSA) is 80.2 Å². The molecule has 0 saturated carbocycles. The number of anilines is 2. The van der Waals surface area contributed by atoms with Gasteiger partial charge in [0.05, 0.1) is 11.4 Å². The third-order valence-corrected chi connectivity index (χ3v) is 6.13. The van der Waals surface area contributed by atoms with Crippen LogP contribution in [-0.2, 0) is 18.4 Å². The maximum atomic E-state index is 12.9. The number of amides is 2. The second kappa shape index (κ2) is 9.87. The molecule has 4 aromatic rings. The van der Waals surface area contributed by atoms with Crippen LogP contribution in [0.3, 0.4) is 0 Å². The molecule has 5 rings (SSSR count). The van der Waals surface area contributed by atoms with Gasteiger partial charge in [0.15, 0.2) is 0 Å². The molecule has 0 bridgehead atoms. The lowest BCUT2D eigenvalue weighted by Crippen LogP contribution is -2.24. The van der Waals surface area contributed by atoms with E-state index >= 15 is 0 Å². The number of fused-ring (bicyclic) bond motifs is 1. The number of hydrogen-bond acceptors (Lipinski definition) is 4. The van der Waals surface area contributed by atoms with Gasteiger partial charge >= 0.3 is 6.03 Å². The highest BCUT2D eigenvalue weighted by Gasteiger charge is 2.22. The Labute approximate surface area is 211 Å². The van der Waals surface area contributed by atoms with Crippen molar-refractivity contribution in [3.8, 4) is 17.2 Å². The Morgan fingerprint density at radius 1 is 0.917 bits per heavy atom. The van der Waals surface area contributed by atoms with E-state index in [-0.39, 0.29) is 11.4 Å². The van der Waals surface area contributed by atoms with Crippen molar-refractivity contribution in [2.45, 2.75) is 39.2 Å². The first-order valence-electron chi connectivity index (χ1n) is 12.2. The second-order valence-electron chi connectivity index (χ2n) is 9.98. The second-order valence-corrected chi connectivity index (χ2v) is 9.98. The first-order valence-corrected chi connectivity index (χ1v) is 12.2. The first kappa shape index (κ1) is 23.6. The van der Waals surface area contributed by atoms with Gasteiger partial charge in [-0.25, -0.2) is 9.48 Å². The van der Waals surface area contributed by atoms with Crippen LogP contribution in [0.15, 0.2) is 78.9 Å². The molecule has 0 spiro atoms. The van der Waals surface area contributed by atoms with Crippen molar-refractivity contribution in [2.75, 3.05) is 17.2 Å². The third kappa shape index (κ3) is 5.42. The molecule has 1 aliphatic heterocycles. The van der Waals surface area contributed by atoms with E-state index < -0.39 is 0 Å². The molecule has 0 saturated heterocycles. The van der Waals surface area contributed by atoms with Crippen LogP contribution in [0, 0.1) is 0 Å². The van der Waals surface area contributed by atoms with Crippen molar-refractivity contribution in [1.82, 2.24) is 15.1 Å². The highest BCUT2D eigenvalue weighted by atomic mass is 16.5. The molecule has 2 heterocycles. The van der Waals surface area contributed by atoms with Gasteiger partial charge in [-0.05, 0) is 72.6 Å². The number of carbonyl (C=O) groups excluding carboxylic acids is 1. The third-order valence-electron chi connectivity index (χ3n) is 6.13. The Morgan fingerprint density at radius 2 is 1.67 bits per heavy atom. The van der Waals surface area contributed by atoms with E-state index in [2.05, 4.69) is 54.9 Å². The molecule has 2 amide bonds. The zero-order valence-corrected chi connectivity index (χ0v) is 20.8. The van der Waals surface area contributed by atoms with Gasteiger partial charge in [-0.15, -0.1) is 0 Å². The van der Waals surface area contributed by atoms with Gasteiger partial charge in [0.2, 0.25) is 0 Å². The van der Waals surface area contributed by atoms with Crippen molar-refractivity contribution in [3.63, 3.8) is 0 Å². The molecule has 0 atom stereocenters. The van der Waals surface area contributed by atoms with E-state index in [9.17, 15) is 4.79 Å². The lowest BCUT2D eigenvalue weighted by Gasteiger charge is -2.18. The molecule has 3 N–H and O–H groups in total. The fourth-order valence-corrected chi connectivity index (χ4v) is 4.14. The number of carbonyl (C=O) groups is 1. The van der Waals surface area contributed by atoms with Gasteiger partial charge in [-0.1, -0.05) is 45.0 Å². The summed E-state index contributed by atoms with van der Waals surface area (Å²) >= 11 is 0. The summed E-state index contributed by atoms with van der Waals surface area (Å²) in [6, 6.07) is 24.8. The maximum Gasteiger partial charge on any atom is 0.324 e. The number of para-hydroxylation sites is 1. The van der Waals surface area contributed by atoms with Gasteiger partial charge in [0.25, 0.3) is 0 Å². The van der Waals surface area contributed by atoms with Crippen LogP contribution in [0.2, 0.25) is 0 Å². The molecule has 3 aromatic carbocycles. The minimum Gasteiger partial charge on any atom is -0.457 e. The summed E-state index contributed by atoms with van der Waals surface area (Å²) in [5, 5.41) is 14.2. The molecular weight excluding hydrogens is 450 g/mol. The first-order chi connectivity index (χ1) is 17.3. The average Bonchev–Trinajstić information content (AvgIpc) is 3.30. The maximum absolute atomic E-state index is 12.9. The highest BCUT2D eigenvalue weighted by Crippen LogP contribution is 2.28. The van der Waals surface area contributed by atoms with Crippen molar-refractivity contribution < 1.29 is 9.53 Å². The molecule has 184 valence electrons. The summed E-state index contributed by atoms with van der Waals surface area (Å²) in [4.78, 5) is 12.9. The summed E-state index contributed by atoms with van der Waals surface area (Å²) in [7, 11) is 0. The number of hydrogen-bond donors (Lipinski definition) is 3. The molecule has 0 unspecified atom stereocenters. The molecule has 1 aromatic heterocycles. The Hall–Kier alpha value is -4.10. The van der Waals surface area contributed by atoms with Crippen molar-refractivity contribution in [2.24, 2.45) is 0 Å². The van der Waals surface area contributed by atoms with Crippen molar-refractivity contribution in [1.29, 1.82) is 0 Å². The van der Waals surface area contributed by atoms with E-state index in [1.54, 1.807) is 0 Å². The fraction of sp³-hybridized carbons (Fsp3) is 0.241. The van der Waals surface area contributed by atoms with E-state index in [4.69, 9.17) is 9.84 Å². The zero-order valence-electron chi connectivity index (χ0n) is 20.8. The SMILES string of the molecule is CC(C)(C)c1cc(NC(=O)Nc2ccc(Oc3ccccc3)cc2)n(-c2ccc3c(c2)CCNC3)n1. The van der Waals surface area contributed by atoms with Gasteiger partial charge in [0, 0.05) is 23.7 Å². The lowest BCUT2D eigenvalue weighted by molar-refractivity contribution is 0.262. The van der Waals surface area contributed by atoms with Gasteiger partial charge in [-0.3, -0.25) is 5.32 Å². The zero-order chi connectivity index (χ0) is 25.1. The molecule has 36 heavy (non-hydrogen) atoms. The number of rotatable bonds is 5. The quantitative estimate of drug-likeness (QED) is 0.315. The summed E-state index contributed by atoms with van der Waals surface area (Å²) in [6.07, 6.45) is 0.976. The number of benzene rings is 3. The van der Waals surface area contributed by atoms with Crippen LogP contribution < -0.4 is 20.7 Å². The summed E-state index contributed by atoms with van der Waals surface area (Å²) in [5.74, 6) is 2.08. The number of nitrogens with one attached hydrogen (secondary N) is 3. The van der Waals surface area contributed by atoms with Crippen LogP contribution >= 0.6 is 0 Å². The molecule has 0 aliphatic carbocycles. The highest BCUT2D eigenvalue weighted by molar-refractivity contribution is 5.99. The van der Waals surface area contributed by atoms with E-state index in [1.165, 1.54) is 11.1 Å². The minimum absolute atomic E-state index is 0.162. The van der Waals surface area contributed by atoms with Crippen molar-refractivity contribution in [3.05, 3.63) is 95.7 Å². The number of nitrogens with zero attached hydrogens (tertiary/aromatic N) is 2. The largest absolute Gasteiger partial charge is 0.457 e. The van der Waals surface area contributed by atoms with Crippen LogP contribution in [0.25, 0.3) is 5.69 Å². The Morgan fingerprint density at radius 3 is 2.42 bits per heavy atom. The number of urea groups is 1. The average molecular weight is 482 g/mol. The summed E-state index contributed by atoms with van der Waals surface area (Å²) in [5.41, 5.74) is 4.96. The van der Waals surface area contributed by atoms with Crippen LogP contribution in [0.4, 0.5) is 16.3 Å². The predicted octanol–water partition coefficient (Wildman–Crippen LogP) is 6.25. The van der Waals surface area contributed by atoms with Gasteiger partial charge in [-0.2, -0.15) is 5.10 Å². The molecular formula is C29H31N5O2. The van der Waals surface area contributed by atoms with Crippen LogP contribution in [-0.4, -0.2) is 22.4 Å². The Kier molecular flexibility index (Phi) is 6.48. The van der Waals surface area contributed by atoms with E-state index in [0.29, 0.717) is 17.3 Å².